The summed E-state index contributed by atoms with van der Waals surface area (Å²) < 4.78 is 0. The van der Waals surface area contributed by atoms with Crippen LogP contribution in [0.4, 0.5) is 0 Å². The fraction of sp³-hybridized carbons (Fsp3) is 0.917. The molecule has 1 saturated heterocycles. The highest BCUT2D eigenvalue weighted by atomic mass is 16.3. The molecule has 4 aliphatic rings. The van der Waals surface area contributed by atoms with E-state index in [1.54, 1.807) is 0 Å². The molecule has 0 bridgehead atoms. The van der Waals surface area contributed by atoms with Crippen LogP contribution in [-0.2, 0) is 0 Å². The number of aliphatic hydroxyl groups excluding tert-OH is 2. The average Bonchev–Trinajstić information content (AvgIpc) is 3.25. The van der Waals surface area contributed by atoms with Crippen molar-refractivity contribution in [2.45, 2.75) is 90.3 Å². The van der Waals surface area contributed by atoms with Crippen LogP contribution in [0.2, 0.25) is 0 Å². The number of likely N-dealkylation sites (tertiary alicyclic amines) is 1. The van der Waals surface area contributed by atoms with Gasteiger partial charge < -0.3 is 15.1 Å². The van der Waals surface area contributed by atoms with E-state index in [-0.39, 0.29) is 23.0 Å². The van der Waals surface area contributed by atoms with Crippen LogP contribution in [0.5, 0.6) is 0 Å². The van der Waals surface area contributed by atoms with E-state index >= 15 is 0 Å². The predicted molar refractivity (Wildman–Crippen MR) is 110 cm³/mol. The summed E-state index contributed by atoms with van der Waals surface area (Å²) >= 11 is 0. The van der Waals surface area contributed by atoms with Crippen LogP contribution in [0.25, 0.3) is 0 Å². The molecule has 1 heterocycles. The minimum absolute atomic E-state index is 0.140. The molecule has 4 rings (SSSR count). The van der Waals surface area contributed by atoms with Crippen LogP contribution in [0.15, 0.2) is 12.2 Å². The number of aliphatic hydroxyl groups is 2. The summed E-state index contributed by atoms with van der Waals surface area (Å²) in [6.07, 6.45) is 11.0. The van der Waals surface area contributed by atoms with E-state index in [0.29, 0.717) is 17.8 Å². The summed E-state index contributed by atoms with van der Waals surface area (Å²) in [4.78, 5) is 2.61. The monoisotopic (exact) mass is 375 g/mol. The number of nitrogens with zero attached hydrogens (tertiary/aromatic N) is 1. The van der Waals surface area contributed by atoms with Gasteiger partial charge in [0.25, 0.3) is 0 Å². The van der Waals surface area contributed by atoms with E-state index in [4.69, 9.17) is 0 Å². The van der Waals surface area contributed by atoms with Gasteiger partial charge in [-0.2, -0.15) is 0 Å². The van der Waals surface area contributed by atoms with Crippen LogP contribution in [0.3, 0.4) is 0 Å². The van der Waals surface area contributed by atoms with Gasteiger partial charge in [-0.05, 0) is 112 Å². The van der Waals surface area contributed by atoms with Gasteiger partial charge in [-0.1, -0.05) is 26.0 Å². The van der Waals surface area contributed by atoms with Crippen LogP contribution in [0, 0.1) is 28.6 Å². The summed E-state index contributed by atoms with van der Waals surface area (Å²) in [6.45, 7) is 12.8. The summed E-state index contributed by atoms with van der Waals surface area (Å²) in [7, 11) is 0. The molecule has 0 spiro atoms. The zero-order chi connectivity index (χ0) is 19.2. The van der Waals surface area contributed by atoms with Crippen molar-refractivity contribution in [3.63, 3.8) is 0 Å². The normalized spacial score (nSPS) is 48.7. The lowest BCUT2D eigenvalue weighted by atomic mass is 9.51. The second-order valence-corrected chi connectivity index (χ2v) is 10.8. The Bertz CT molecular complexity index is 557. The molecule has 0 amide bonds. The maximum absolute atomic E-state index is 11.5. The predicted octanol–water partition coefficient (Wildman–Crippen LogP) is 4.38. The van der Waals surface area contributed by atoms with E-state index in [1.165, 1.54) is 50.9 Å². The Balaban J connectivity index is 1.51. The van der Waals surface area contributed by atoms with E-state index in [9.17, 15) is 10.2 Å². The van der Waals surface area contributed by atoms with Crippen LogP contribution in [-0.4, -0.2) is 47.0 Å². The molecule has 4 fully saturated rings. The van der Waals surface area contributed by atoms with Gasteiger partial charge in [-0.15, -0.1) is 0 Å². The molecule has 0 radical (unpaired) electrons. The molecule has 27 heavy (non-hydrogen) atoms. The first-order valence-electron chi connectivity index (χ1n) is 11.6. The van der Waals surface area contributed by atoms with Crippen molar-refractivity contribution in [3.05, 3.63) is 12.2 Å². The van der Waals surface area contributed by atoms with Crippen LogP contribution < -0.4 is 0 Å². The van der Waals surface area contributed by atoms with Gasteiger partial charge in [0.1, 0.15) is 0 Å². The zero-order valence-corrected chi connectivity index (χ0v) is 17.6. The fourth-order valence-corrected chi connectivity index (χ4v) is 7.41. The van der Waals surface area contributed by atoms with Crippen molar-refractivity contribution < 1.29 is 10.2 Å². The lowest BCUT2D eigenvalue weighted by molar-refractivity contribution is -0.120. The summed E-state index contributed by atoms with van der Waals surface area (Å²) in [5.41, 5.74) is 1.70. The van der Waals surface area contributed by atoms with E-state index in [1.807, 2.05) is 0 Å². The first-order valence-corrected chi connectivity index (χ1v) is 11.6. The topological polar surface area (TPSA) is 43.7 Å². The number of allylic oxidation sites excluding steroid dienone is 1. The number of hydrogen-bond acceptors (Lipinski definition) is 3. The second-order valence-electron chi connectivity index (χ2n) is 10.8. The van der Waals surface area contributed by atoms with E-state index in [2.05, 4.69) is 25.3 Å². The molecule has 0 aromatic heterocycles. The highest BCUT2D eigenvalue weighted by molar-refractivity contribution is 5.21. The van der Waals surface area contributed by atoms with E-state index in [0.717, 1.165) is 38.5 Å². The molecule has 154 valence electrons. The Kier molecular flexibility index (Phi) is 5.50. The first-order chi connectivity index (χ1) is 12.8. The minimum atomic E-state index is -0.197. The van der Waals surface area contributed by atoms with Crippen molar-refractivity contribution in [1.82, 2.24) is 4.90 Å². The largest absolute Gasteiger partial charge is 0.393 e. The van der Waals surface area contributed by atoms with E-state index < -0.39 is 0 Å². The van der Waals surface area contributed by atoms with Gasteiger partial charge in [-0.25, -0.2) is 0 Å². The quantitative estimate of drug-likeness (QED) is 0.717. The molecular weight excluding hydrogens is 334 g/mol. The molecule has 7 atom stereocenters. The highest BCUT2D eigenvalue weighted by Crippen LogP contribution is 2.61. The molecule has 2 N–H and O–H groups in total. The number of hydrogen-bond donors (Lipinski definition) is 2. The Morgan fingerprint density at radius 1 is 1.04 bits per heavy atom. The SMILES string of the molecule is C=C1CC[C@H]2[C@H](O)[C@@H]([C@@]3(C)CC[C@H](O)C[C@@H]3CCN3CCCC3)CC[C@]12C. The fourth-order valence-electron chi connectivity index (χ4n) is 7.41. The van der Waals surface area contributed by atoms with Gasteiger partial charge >= 0.3 is 0 Å². The third-order valence-electron chi connectivity index (χ3n) is 9.53. The first kappa shape index (κ1) is 19.9. The van der Waals surface area contributed by atoms with Crippen molar-refractivity contribution in [2.75, 3.05) is 19.6 Å². The zero-order valence-electron chi connectivity index (χ0n) is 17.6. The molecule has 0 aromatic rings. The average molecular weight is 376 g/mol. The smallest absolute Gasteiger partial charge is 0.0610 e. The highest BCUT2D eigenvalue weighted by Gasteiger charge is 2.56. The lowest BCUT2D eigenvalue weighted by Crippen LogP contribution is -2.53. The van der Waals surface area contributed by atoms with Gasteiger partial charge in [0.05, 0.1) is 12.2 Å². The Hall–Kier alpha value is -0.380. The molecule has 3 heteroatoms. The number of fused-ring (bicyclic) bond motifs is 1. The Morgan fingerprint density at radius 2 is 1.78 bits per heavy atom. The maximum Gasteiger partial charge on any atom is 0.0610 e. The molecular formula is C24H41NO2. The standard InChI is InChI=1S/C24H41NO2/c1-17-6-7-20-22(27)21(9-12-23(17,20)2)24(3)11-8-19(26)16-18(24)10-15-25-13-4-5-14-25/h18-22,26-27H,1,4-16H2,2-3H3/t18-,19-,20-,21-,22-,23+,24-/m0/s1. The van der Waals surface area contributed by atoms with Crippen molar-refractivity contribution in [1.29, 1.82) is 0 Å². The van der Waals surface area contributed by atoms with Crippen molar-refractivity contribution in [3.8, 4) is 0 Å². The summed E-state index contributed by atoms with van der Waals surface area (Å²) in [5, 5.41) is 21.9. The number of rotatable bonds is 4. The minimum Gasteiger partial charge on any atom is -0.393 e. The van der Waals surface area contributed by atoms with Crippen LogP contribution in [0.1, 0.15) is 78.1 Å². The molecule has 3 saturated carbocycles. The summed E-state index contributed by atoms with van der Waals surface area (Å²) in [5.74, 6) is 1.32. The Morgan fingerprint density at radius 3 is 2.52 bits per heavy atom. The van der Waals surface area contributed by atoms with Gasteiger partial charge in [-0.3, -0.25) is 0 Å². The van der Waals surface area contributed by atoms with Gasteiger partial charge in [0, 0.05) is 0 Å². The maximum atomic E-state index is 11.5. The van der Waals surface area contributed by atoms with Crippen molar-refractivity contribution in [2.24, 2.45) is 28.6 Å². The lowest BCUT2D eigenvalue weighted by Gasteiger charge is -2.55. The summed E-state index contributed by atoms with van der Waals surface area (Å²) in [6, 6.07) is 0. The third kappa shape index (κ3) is 3.42. The second kappa shape index (κ2) is 7.46. The van der Waals surface area contributed by atoms with Crippen molar-refractivity contribution >= 4 is 0 Å². The molecule has 0 unspecified atom stereocenters. The van der Waals surface area contributed by atoms with Gasteiger partial charge in [0.15, 0.2) is 0 Å². The molecule has 3 aliphatic carbocycles. The Labute approximate surface area is 166 Å². The molecule has 1 aliphatic heterocycles. The molecule has 0 aromatic carbocycles. The van der Waals surface area contributed by atoms with Crippen LogP contribution >= 0.6 is 0 Å². The third-order valence-corrected chi connectivity index (χ3v) is 9.53. The molecule has 3 nitrogen and oxygen atoms in total. The van der Waals surface area contributed by atoms with Gasteiger partial charge in [0.2, 0.25) is 0 Å².